The predicted molar refractivity (Wildman–Crippen MR) is 91.1 cm³/mol. The van der Waals surface area contributed by atoms with Gasteiger partial charge in [-0.1, -0.05) is 0 Å². The zero-order chi connectivity index (χ0) is 15.9. The molecule has 1 aromatic carbocycles. The van der Waals surface area contributed by atoms with E-state index in [9.17, 15) is 16.8 Å². The summed E-state index contributed by atoms with van der Waals surface area (Å²) in [5, 5.41) is 0. The summed E-state index contributed by atoms with van der Waals surface area (Å²) in [6.45, 7) is 1.02. The third-order valence-electron chi connectivity index (χ3n) is 3.14. The van der Waals surface area contributed by atoms with Crippen LogP contribution in [-0.2, 0) is 19.9 Å². The van der Waals surface area contributed by atoms with Gasteiger partial charge in [-0.2, -0.15) is 4.31 Å². The zero-order valence-electron chi connectivity index (χ0n) is 10.7. The number of benzene rings is 1. The molecule has 1 heterocycles. The van der Waals surface area contributed by atoms with Crippen molar-refractivity contribution in [2.75, 3.05) is 13.1 Å². The molecule has 0 aromatic heterocycles. The van der Waals surface area contributed by atoms with Crippen LogP contribution < -0.4 is 0 Å². The molecule has 5 nitrogen and oxygen atoms in total. The maximum atomic E-state index is 12.3. The molecule has 0 spiro atoms. The van der Waals surface area contributed by atoms with Crippen LogP contribution in [0.3, 0.4) is 0 Å². The van der Waals surface area contributed by atoms with Gasteiger partial charge in [-0.25, -0.2) is 16.8 Å². The summed E-state index contributed by atoms with van der Waals surface area (Å²) in [7, 11) is -7.25. The van der Waals surface area contributed by atoms with E-state index in [-0.39, 0.29) is 9.79 Å². The summed E-state index contributed by atoms with van der Waals surface area (Å²) in [4.78, 5) is 0.112. The van der Waals surface area contributed by atoms with E-state index in [0.717, 1.165) is 12.8 Å². The highest BCUT2D eigenvalue weighted by molar-refractivity contribution is 9.42. The maximum absolute atomic E-state index is 12.3. The smallest absolute Gasteiger partial charge is 0.220 e. The second-order valence-electron chi connectivity index (χ2n) is 4.53. The molecular formula is C11H12Br3NO4S2. The predicted octanol–water partition coefficient (Wildman–Crippen LogP) is 3.04. The quantitative estimate of drug-likeness (QED) is 0.569. The molecule has 1 aromatic rings. The molecule has 0 atom stereocenters. The molecule has 0 amide bonds. The molecule has 1 fully saturated rings. The second-order valence-corrected chi connectivity index (χ2v) is 16.9. The minimum atomic E-state index is -3.72. The van der Waals surface area contributed by atoms with E-state index in [4.69, 9.17) is 0 Å². The molecule has 1 aliphatic rings. The Hall–Kier alpha value is 0.520. The Labute approximate surface area is 149 Å². The first-order valence-electron chi connectivity index (χ1n) is 5.98. The van der Waals surface area contributed by atoms with Crippen molar-refractivity contribution in [2.24, 2.45) is 0 Å². The van der Waals surface area contributed by atoms with E-state index in [1.54, 1.807) is 0 Å². The van der Waals surface area contributed by atoms with Gasteiger partial charge in [-0.15, -0.1) is 0 Å². The first-order valence-corrected chi connectivity index (χ1v) is 11.3. The number of sulfone groups is 1. The summed E-state index contributed by atoms with van der Waals surface area (Å²) in [5.41, 5.74) is 0. The van der Waals surface area contributed by atoms with E-state index >= 15 is 0 Å². The number of sulfonamides is 1. The van der Waals surface area contributed by atoms with Gasteiger partial charge in [-0.05, 0) is 84.9 Å². The standard InChI is InChI=1S/C11H12Br3NO4S2/c12-11(13,14)20(16,17)9-3-5-10(6-4-9)21(18,19)15-7-1-2-8-15/h3-6H,1-2,7-8H2. The van der Waals surface area contributed by atoms with Crippen molar-refractivity contribution in [1.82, 2.24) is 4.31 Å². The van der Waals surface area contributed by atoms with E-state index < -0.39 is 21.3 Å². The Morgan fingerprint density at radius 1 is 0.857 bits per heavy atom. The van der Waals surface area contributed by atoms with Crippen LogP contribution in [0, 0.1) is 0 Å². The SMILES string of the molecule is O=S(=O)(c1ccc(S(=O)(=O)C(Br)(Br)Br)cc1)N1CCCC1. The summed E-state index contributed by atoms with van der Waals surface area (Å²) < 4.78 is 49.0. The molecule has 118 valence electrons. The Morgan fingerprint density at radius 3 is 1.71 bits per heavy atom. The van der Waals surface area contributed by atoms with Gasteiger partial charge in [0.25, 0.3) is 0 Å². The molecule has 21 heavy (non-hydrogen) atoms. The molecule has 1 saturated heterocycles. The van der Waals surface area contributed by atoms with Crippen LogP contribution >= 0.6 is 47.8 Å². The minimum absolute atomic E-state index is 0.00787. The molecule has 0 N–H and O–H groups in total. The molecular weight excluding hydrogens is 514 g/mol. The molecule has 1 aliphatic heterocycles. The minimum Gasteiger partial charge on any atom is -0.220 e. The van der Waals surface area contributed by atoms with Crippen LogP contribution in [0.1, 0.15) is 12.8 Å². The van der Waals surface area contributed by atoms with Crippen molar-refractivity contribution >= 4 is 67.7 Å². The monoisotopic (exact) mass is 523 g/mol. The van der Waals surface area contributed by atoms with E-state index in [1.807, 2.05) is 0 Å². The lowest BCUT2D eigenvalue weighted by Crippen LogP contribution is -2.27. The first-order chi connectivity index (χ1) is 9.57. The lowest BCUT2D eigenvalue weighted by molar-refractivity contribution is 0.477. The zero-order valence-corrected chi connectivity index (χ0v) is 17.1. The van der Waals surface area contributed by atoms with Crippen LogP contribution in [0.15, 0.2) is 34.1 Å². The van der Waals surface area contributed by atoms with Crippen molar-refractivity contribution < 1.29 is 16.8 Å². The molecule has 10 heteroatoms. The summed E-state index contributed by atoms with van der Waals surface area (Å²) in [5.74, 6) is 0. The first kappa shape index (κ1) is 17.9. The fourth-order valence-corrected chi connectivity index (χ4v) is 5.96. The van der Waals surface area contributed by atoms with Gasteiger partial charge in [0.05, 0.1) is 9.79 Å². The fourth-order valence-electron chi connectivity index (χ4n) is 2.00. The van der Waals surface area contributed by atoms with Gasteiger partial charge in [0, 0.05) is 13.1 Å². The molecule has 0 aliphatic carbocycles. The highest BCUT2D eigenvalue weighted by Crippen LogP contribution is 2.43. The maximum Gasteiger partial charge on any atom is 0.243 e. The topological polar surface area (TPSA) is 71.5 Å². The van der Waals surface area contributed by atoms with E-state index in [1.165, 1.54) is 28.6 Å². The van der Waals surface area contributed by atoms with Crippen LogP contribution in [0.2, 0.25) is 0 Å². The van der Waals surface area contributed by atoms with Gasteiger partial charge in [0.1, 0.15) is 0 Å². The molecule has 0 unspecified atom stereocenters. The summed E-state index contributed by atoms with van der Waals surface area (Å²) in [6, 6.07) is 5.21. The molecule has 0 saturated carbocycles. The Balaban J connectivity index is 2.36. The average Bonchev–Trinajstić information content (AvgIpc) is 2.92. The largest absolute Gasteiger partial charge is 0.243 e. The second kappa shape index (κ2) is 6.20. The van der Waals surface area contributed by atoms with Gasteiger partial charge in [0.15, 0.2) is 0 Å². The summed E-state index contributed by atoms with van der Waals surface area (Å²) >= 11 is 8.90. The highest BCUT2D eigenvalue weighted by atomic mass is 80.0. The van der Waals surface area contributed by atoms with Gasteiger partial charge in [0.2, 0.25) is 21.3 Å². The van der Waals surface area contributed by atoms with Crippen molar-refractivity contribution in [1.29, 1.82) is 0 Å². The fraction of sp³-hybridized carbons (Fsp3) is 0.455. The Bertz CT molecular complexity index is 718. The van der Waals surface area contributed by atoms with Crippen molar-refractivity contribution in [3.05, 3.63) is 24.3 Å². The lowest BCUT2D eigenvalue weighted by Gasteiger charge is -2.17. The Kier molecular flexibility index (Phi) is 5.27. The molecule has 2 rings (SSSR count). The Morgan fingerprint density at radius 2 is 1.29 bits per heavy atom. The van der Waals surface area contributed by atoms with E-state index in [0.29, 0.717) is 13.1 Å². The van der Waals surface area contributed by atoms with Gasteiger partial charge >= 0.3 is 0 Å². The van der Waals surface area contributed by atoms with Gasteiger partial charge < -0.3 is 0 Å². The number of hydrogen-bond donors (Lipinski definition) is 0. The number of hydrogen-bond acceptors (Lipinski definition) is 4. The number of halogens is 3. The van der Waals surface area contributed by atoms with Crippen molar-refractivity contribution in [2.45, 2.75) is 24.1 Å². The number of alkyl halides is 3. The number of nitrogens with zero attached hydrogens (tertiary/aromatic N) is 1. The van der Waals surface area contributed by atoms with Crippen molar-refractivity contribution in [3.8, 4) is 0 Å². The van der Waals surface area contributed by atoms with Gasteiger partial charge in [-0.3, -0.25) is 0 Å². The third kappa shape index (κ3) is 3.55. The van der Waals surface area contributed by atoms with Crippen molar-refractivity contribution in [3.63, 3.8) is 0 Å². The lowest BCUT2D eigenvalue weighted by atomic mass is 10.4. The third-order valence-corrected chi connectivity index (χ3v) is 10.4. The number of rotatable bonds is 3. The molecule has 0 radical (unpaired) electrons. The summed E-state index contributed by atoms with van der Waals surface area (Å²) in [6.07, 6.45) is 1.70. The average molecular weight is 526 g/mol. The molecule has 0 bridgehead atoms. The van der Waals surface area contributed by atoms with Crippen LogP contribution in [-0.4, -0.2) is 35.7 Å². The van der Waals surface area contributed by atoms with Crippen LogP contribution in [0.5, 0.6) is 0 Å². The normalized spacial score (nSPS) is 18.0. The van der Waals surface area contributed by atoms with Crippen LogP contribution in [0.25, 0.3) is 0 Å². The highest BCUT2D eigenvalue weighted by Gasteiger charge is 2.37. The van der Waals surface area contributed by atoms with Crippen LogP contribution in [0.4, 0.5) is 0 Å². The van der Waals surface area contributed by atoms with E-state index in [2.05, 4.69) is 47.8 Å².